The molecule has 0 saturated heterocycles. The van der Waals surface area contributed by atoms with E-state index >= 15 is 0 Å². The summed E-state index contributed by atoms with van der Waals surface area (Å²) >= 11 is 0. The smallest absolute Gasteiger partial charge is 0.342 e. The third kappa shape index (κ3) is 2.31. The summed E-state index contributed by atoms with van der Waals surface area (Å²) < 4.78 is 5.09. The Morgan fingerprint density at radius 1 is 1.12 bits per heavy atom. The zero-order valence-corrected chi connectivity index (χ0v) is 12.4. The van der Waals surface area contributed by atoms with Crippen LogP contribution in [0.5, 0.6) is 0 Å². The Bertz CT molecular complexity index is 843. The minimum atomic E-state index is -2.45. The second kappa shape index (κ2) is 5.38. The molecule has 128 valence electrons. The monoisotopic (exact) mass is 336 g/mol. The van der Waals surface area contributed by atoms with Crippen molar-refractivity contribution in [1.29, 1.82) is 0 Å². The van der Waals surface area contributed by atoms with Crippen LogP contribution in [0.25, 0.3) is 11.0 Å². The number of hydrogen-bond donors (Lipinski definition) is 5. The van der Waals surface area contributed by atoms with Gasteiger partial charge in [0.05, 0.1) is 17.8 Å². The highest BCUT2D eigenvalue weighted by molar-refractivity contribution is 5.78. The first kappa shape index (κ1) is 16.6. The maximum absolute atomic E-state index is 12.2. The molecule has 24 heavy (non-hydrogen) atoms. The molecule has 1 heterocycles. The lowest BCUT2D eigenvalue weighted by Gasteiger charge is -2.45. The minimum Gasteiger partial charge on any atom is -0.479 e. The third-order valence-electron chi connectivity index (χ3n) is 4.55. The average Bonchev–Trinajstić information content (AvgIpc) is 2.51. The van der Waals surface area contributed by atoms with Gasteiger partial charge in [-0.3, -0.25) is 0 Å². The van der Waals surface area contributed by atoms with Crippen LogP contribution in [0.1, 0.15) is 18.4 Å². The van der Waals surface area contributed by atoms with Gasteiger partial charge in [0.2, 0.25) is 0 Å². The molecule has 1 aromatic carbocycles. The van der Waals surface area contributed by atoms with E-state index in [0.29, 0.717) is 5.39 Å². The first-order chi connectivity index (χ1) is 11.2. The van der Waals surface area contributed by atoms with Gasteiger partial charge in [0.15, 0.2) is 5.60 Å². The van der Waals surface area contributed by atoms with Crippen LogP contribution in [-0.2, 0) is 10.4 Å². The van der Waals surface area contributed by atoms with E-state index in [0.717, 1.165) is 0 Å². The molecule has 2 atom stereocenters. The Morgan fingerprint density at radius 2 is 1.71 bits per heavy atom. The molecule has 1 aliphatic rings. The summed E-state index contributed by atoms with van der Waals surface area (Å²) in [5.74, 6) is -1.63. The third-order valence-corrected chi connectivity index (χ3v) is 4.55. The van der Waals surface area contributed by atoms with Gasteiger partial charge in [-0.25, -0.2) is 9.59 Å². The number of carbonyl (C=O) groups is 1. The van der Waals surface area contributed by atoms with Crippen molar-refractivity contribution in [2.45, 2.75) is 36.3 Å². The SMILES string of the molecule is O=C(O)C1(O)C[C@@H](O)C(O)(c2cc3ccccc3oc2=O)[C@H](O)C1. The first-order valence-electron chi connectivity index (χ1n) is 7.26. The highest BCUT2D eigenvalue weighted by Gasteiger charge is 2.58. The highest BCUT2D eigenvalue weighted by atomic mass is 16.4. The number of aliphatic hydroxyl groups is 4. The summed E-state index contributed by atoms with van der Waals surface area (Å²) in [6.07, 6.45) is -5.26. The zero-order valence-electron chi connectivity index (χ0n) is 12.4. The molecule has 8 nitrogen and oxygen atoms in total. The lowest BCUT2D eigenvalue weighted by Crippen LogP contribution is -2.62. The van der Waals surface area contributed by atoms with Crippen LogP contribution in [0.2, 0.25) is 0 Å². The Kier molecular flexibility index (Phi) is 3.72. The van der Waals surface area contributed by atoms with Crippen molar-refractivity contribution in [1.82, 2.24) is 0 Å². The number of carboxylic acids is 1. The minimum absolute atomic E-state index is 0.261. The lowest BCUT2D eigenvalue weighted by molar-refractivity contribution is -0.225. The summed E-state index contributed by atoms with van der Waals surface area (Å²) in [7, 11) is 0. The molecule has 0 radical (unpaired) electrons. The van der Waals surface area contributed by atoms with Crippen molar-refractivity contribution in [3.63, 3.8) is 0 Å². The van der Waals surface area contributed by atoms with Gasteiger partial charge in [0, 0.05) is 18.2 Å². The Labute approximate surface area is 135 Å². The summed E-state index contributed by atoms with van der Waals surface area (Å²) in [5, 5.41) is 50.7. The van der Waals surface area contributed by atoms with Crippen molar-refractivity contribution in [3.8, 4) is 0 Å². The van der Waals surface area contributed by atoms with Crippen molar-refractivity contribution in [3.05, 3.63) is 46.3 Å². The molecule has 8 heteroatoms. The second-order valence-electron chi connectivity index (χ2n) is 6.09. The first-order valence-corrected chi connectivity index (χ1v) is 7.26. The Hall–Kier alpha value is -2.26. The maximum Gasteiger partial charge on any atom is 0.342 e. The number of hydrogen-bond acceptors (Lipinski definition) is 7. The van der Waals surface area contributed by atoms with Crippen LogP contribution in [0, 0.1) is 0 Å². The molecule has 1 aromatic heterocycles. The van der Waals surface area contributed by atoms with E-state index in [1.165, 1.54) is 6.07 Å². The van der Waals surface area contributed by atoms with Gasteiger partial charge in [-0.2, -0.15) is 0 Å². The summed E-state index contributed by atoms with van der Waals surface area (Å²) in [6, 6.07) is 7.75. The molecule has 3 rings (SSSR count). The van der Waals surface area contributed by atoms with Crippen LogP contribution < -0.4 is 5.63 Å². The largest absolute Gasteiger partial charge is 0.479 e. The zero-order chi connectivity index (χ0) is 17.7. The lowest BCUT2D eigenvalue weighted by atomic mass is 9.69. The van der Waals surface area contributed by atoms with E-state index in [1.807, 2.05) is 0 Å². The van der Waals surface area contributed by atoms with E-state index in [1.54, 1.807) is 24.3 Å². The Morgan fingerprint density at radius 3 is 2.29 bits per heavy atom. The molecule has 0 unspecified atom stereocenters. The van der Waals surface area contributed by atoms with Gasteiger partial charge >= 0.3 is 11.6 Å². The van der Waals surface area contributed by atoms with Crippen molar-refractivity contribution >= 4 is 16.9 Å². The van der Waals surface area contributed by atoms with Crippen molar-refractivity contribution < 1.29 is 34.7 Å². The molecule has 1 saturated carbocycles. The second-order valence-corrected chi connectivity index (χ2v) is 6.09. The van der Waals surface area contributed by atoms with Gasteiger partial charge in [-0.05, 0) is 12.1 Å². The predicted octanol–water partition coefficient (Wildman–Crippen LogP) is -0.688. The van der Waals surface area contributed by atoms with Crippen LogP contribution >= 0.6 is 0 Å². The fourth-order valence-corrected chi connectivity index (χ4v) is 3.13. The average molecular weight is 336 g/mol. The number of aliphatic carboxylic acids is 1. The number of fused-ring (bicyclic) bond motifs is 1. The molecule has 0 amide bonds. The number of carboxylic acid groups (broad SMARTS) is 1. The number of para-hydroxylation sites is 1. The number of benzene rings is 1. The maximum atomic E-state index is 12.2. The summed E-state index contributed by atoms with van der Waals surface area (Å²) in [4.78, 5) is 23.3. The number of aliphatic hydroxyl groups excluding tert-OH is 2. The van der Waals surface area contributed by atoms with E-state index in [2.05, 4.69) is 0 Å². The van der Waals surface area contributed by atoms with Gasteiger partial charge in [-0.1, -0.05) is 18.2 Å². The highest BCUT2D eigenvalue weighted by Crippen LogP contribution is 2.41. The van der Waals surface area contributed by atoms with Gasteiger partial charge < -0.3 is 29.9 Å². The van der Waals surface area contributed by atoms with Gasteiger partial charge in [0.25, 0.3) is 0 Å². The molecule has 0 aliphatic heterocycles. The Balaban J connectivity index is 2.13. The number of rotatable bonds is 2. The molecule has 2 aromatic rings. The molecular formula is C16H16O8. The fourth-order valence-electron chi connectivity index (χ4n) is 3.13. The van der Waals surface area contributed by atoms with Crippen LogP contribution in [0.15, 0.2) is 39.5 Å². The van der Waals surface area contributed by atoms with Crippen molar-refractivity contribution in [2.24, 2.45) is 0 Å². The van der Waals surface area contributed by atoms with Gasteiger partial charge in [-0.15, -0.1) is 0 Å². The van der Waals surface area contributed by atoms with E-state index < -0.39 is 53.4 Å². The van der Waals surface area contributed by atoms with E-state index in [9.17, 15) is 30.0 Å². The van der Waals surface area contributed by atoms with Crippen molar-refractivity contribution in [2.75, 3.05) is 0 Å². The molecule has 1 fully saturated rings. The standard InChI is InChI=1S/C16H16O8/c17-11-6-15(22,14(20)21)7-12(18)16(11,23)9-5-8-3-1-2-4-10(8)24-13(9)19/h1-5,11-12,17-18,22-23H,6-7H2,(H,20,21)/t11-,12-,15?,16?/m1/s1. The predicted molar refractivity (Wildman–Crippen MR) is 80.2 cm³/mol. The van der Waals surface area contributed by atoms with Crippen LogP contribution in [-0.4, -0.2) is 49.3 Å². The fraction of sp³-hybridized carbons (Fsp3) is 0.375. The normalized spacial score (nSPS) is 33.5. The molecule has 1 aliphatic carbocycles. The van der Waals surface area contributed by atoms with Crippen LogP contribution in [0.4, 0.5) is 0 Å². The molecule has 5 N–H and O–H groups in total. The van der Waals surface area contributed by atoms with E-state index in [-0.39, 0.29) is 5.58 Å². The quantitative estimate of drug-likeness (QED) is 0.453. The molecule has 0 spiro atoms. The van der Waals surface area contributed by atoms with Crippen LogP contribution in [0.3, 0.4) is 0 Å². The molecular weight excluding hydrogens is 320 g/mol. The summed E-state index contributed by atoms with van der Waals surface area (Å²) in [5.41, 5.74) is -5.95. The van der Waals surface area contributed by atoms with E-state index in [4.69, 9.17) is 9.52 Å². The topological polar surface area (TPSA) is 148 Å². The molecule has 0 bridgehead atoms. The summed E-state index contributed by atoms with van der Waals surface area (Å²) in [6.45, 7) is 0. The van der Waals surface area contributed by atoms with Gasteiger partial charge in [0.1, 0.15) is 11.2 Å².